The minimum atomic E-state index is -0.716. The molecule has 10 heteroatoms. The first-order valence-corrected chi connectivity index (χ1v) is 13.3. The van der Waals surface area contributed by atoms with Crippen molar-refractivity contribution < 1.29 is 19.2 Å². The fraction of sp³-hybridized carbons (Fsp3) is 0.630. The first-order chi connectivity index (χ1) is 17.5. The van der Waals surface area contributed by atoms with Crippen molar-refractivity contribution in [1.82, 2.24) is 30.9 Å². The van der Waals surface area contributed by atoms with E-state index in [1.807, 2.05) is 58.9 Å². The molecule has 2 saturated heterocycles. The highest BCUT2D eigenvalue weighted by molar-refractivity contribution is 5.89. The number of hydrogen-bond donors (Lipinski definition) is 3. The lowest BCUT2D eigenvalue weighted by molar-refractivity contribution is -0.159. The van der Waals surface area contributed by atoms with E-state index in [1.54, 1.807) is 9.80 Å². The predicted octanol–water partition coefficient (Wildman–Crippen LogP) is 1.94. The molecule has 1 aromatic rings. The number of benzene rings is 1. The first-order valence-electron chi connectivity index (χ1n) is 13.3. The van der Waals surface area contributed by atoms with E-state index in [0.717, 1.165) is 11.1 Å². The van der Waals surface area contributed by atoms with Crippen LogP contribution in [0.15, 0.2) is 24.3 Å². The zero-order valence-corrected chi connectivity index (χ0v) is 22.5. The van der Waals surface area contributed by atoms with Crippen molar-refractivity contribution in [3.05, 3.63) is 35.4 Å². The highest BCUT2D eigenvalue weighted by atomic mass is 16.2. The number of amides is 5. The van der Waals surface area contributed by atoms with Crippen LogP contribution < -0.4 is 16.1 Å². The van der Waals surface area contributed by atoms with Crippen LogP contribution in [0.4, 0.5) is 4.79 Å². The molecule has 0 spiro atoms. The van der Waals surface area contributed by atoms with Crippen molar-refractivity contribution in [2.75, 3.05) is 13.1 Å². The zero-order valence-electron chi connectivity index (χ0n) is 22.5. The molecule has 0 radical (unpaired) electrons. The van der Waals surface area contributed by atoms with Crippen molar-refractivity contribution in [3.63, 3.8) is 0 Å². The Morgan fingerprint density at radius 1 is 1.08 bits per heavy atom. The van der Waals surface area contributed by atoms with E-state index >= 15 is 0 Å². The number of hydrazine groups is 1. The summed E-state index contributed by atoms with van der Waals surface area (Å²) in [5.41, 5.74) is 5.22. The lowest BCUT2D eigenvalue weighted by Gasteiger charge is -2.49. The summed E-state index contributed by atoms with van der Waals surface area (Å²) in [6, 6.07) is 7.17. The quantitative estimate of drug-likeness (QED) is 0.493. The lowest BCUT2D eigenvalue weighted by atomic mass is 9.75. The molecule has 5 amide bonds. The van der Waals surface area contributed by atoms with Crippen molar-refractivity contribution in [2.24, 2.45) is 17.8 Å². The Bertz CT molecular complexity index is 1030. The van der Waals surface area contributed by atoms with E-state index in [1.165, 1.54) is 5.01 Å². The molecule has 37 heavy (non-hydrogen) atoms. The van der Waals surface area contributed by atoms with Crippen LogP contribution in [0.25, 0.3) is 0 Å². The van der Waals surface area contributed by atoms with E-state index in [9.17, 15) is 19.2 Å². The number of nitrogens with one attached hydrogen (secondary N) is 3. The number of fused-ring (bicyclic) bond motifs is 3. The van der Waals surface area contributed by atoms with Crippen LogP contribution in [0.1, 0.15) is 58.1 Å². The second-order valence-corrected chi connectivity index (χ2v) is 11.3. The second kappa shape index (κ2) is 11.1. The summed E-state index contributed by atoms with van der Waals surface area (Å²) in [5.74, 6) is -0.633. The van der Waals surface area contributed by atoms with Gasteiger partial charge in [0.2, 0.25) is 17.7 Å². The Morgan fingerprint density at radius 3 is 2.43 bits per heavy atom. The Morgan fingerprint density at radius 2 is 1.78 bits per heavy atom. The zero-order chi connectivity index (χ0) is 26.9. The molecule has 4 atom stereocenters. The van der Waals surface area contributed by atoms with E-state index < -0.39 is 12.3 Å². The molecule has 0 bridgehead atoms. The highest BCUT2D eigenvalue weighted by Crippen LogP contribution is 2.40. The molecule has 3 N–H and O–H groups in total. The van der Waals surface area contributed by atoms with Crippen LogP contribution in [0.2, 0.25) is 0 Å². The number of carbonyl (C=O) groups is 4. The molecule has 202 valence electrons. The molecule has 1 aliphatic carbocycles. The van der Waals surface area contributed by atoms with Crippen LogP contribution >= 0.6 is 0 Å². The second-order valence-electron chi connectivity index (χ2n) is 11.3. The summed E-state index contributed by atoms with van der Waals surface area (Å²) >= 11 is 0. The van der Waals surface area contributed by atoms with Crippen LogP contribution in [0.3, 0.4) is 0 Å². The van der Waals surface area contributed by atoms with Crippen molar-refractivity contribution in [3.8, 4) is 0 Å². The third-order valence-corrected chi connectivity index (χ3v) is 7.34. The molecule has 3 fully saturated rings. The molecule has 0 aromatic heterocycles. The van der Waals surface area contributed by atoms with Gasteiger partial charge in [0, 0.05) is 31.1 Å². The summed E-state index contributed by atoms with van der Waals surface area (Å²) in [6.45, 7) is 10.6. The predicted molar refractivity (Wildman–Crippen MR) is 138 cm³/mol. The standard InChI is InChI=1S/C27H40N6O4/c1-16(2)13-28-24(35)20-10-11-21-22(12-20)33-26(30-32(27(33)37)15-23(34)29-17(3)4)31(25(21)36)14-19-8-6-18(5)7-9-19/h6-9,16-17,20-22,26,30H,10-15H2,1-5H3,(H,28,35)(H,29,34). The number of urea groups is 1. The van der Waals surface area contributed by atoms with Gasteiger partial charge >= 0.3 is 6.03 Å². The maximum Gasteiger partial charge on any atom is 0.337 e. The number of rotatable bonds is 8. The fourth-order valence-corrected chi connectivity index (χ4v) is 5.49. The molecule has 2 heterocycles. The molecular weight excluding hydrogens is 472 g/mol. The average Bonchev–Trinajstić information content (AvgIpc) is 3.16. The Balaban J connectivity index is 1.58. The Kier molecular flexibility index (Phi) is 8.06. The number of nitrogens with zero attached hydrogens (tertiary/aromatic N) is 3. The molecule has 2 aliphatic heterocycles. The molecule has 4 rings (SSSR count). The summed E-state index contributed by atoms with van der Waals surface area (Å²) in [5, 5.41) is 7.12. The number of aryl methyl sites for hydroxylation is 1. The summed E-state index contributed by atoms with van der Waals surface area (Å²) in [7, 11) is 0. The molecule has 4 unspecified atom stereocenters. The minimum absolute atomic E-state index is 0.0222. The van der Waals surface area contributed by atoms with Gasteiger partial charge in [0.1, 0.15) is 6.54 Å². The van der Waals surface area contributed by atoms with Gasteiger partial charge in [-0.3, -0.25) is 19.3 Å². The van der Waals surface area contributed by atoms with Crippen LogP contribution in [0, 0.1) is 24.7 Å². The highest BCUT2D eigenvalue weighted by Gasteiger charge is 2.56. The number of carbonyl (C=O) groups excluding carboxylic acids is 4. The molecule has 3 aliphatic rings. The third-order valence-electron chi connectivity index (χ3n) is 7.34. The topological polar surface area (TPSA) is 114 Å². The van der Waals surface area contributed by atoms with E-state index in [-0.39, 0.29) is 48.2 Å². The average molecular weight is 513 g/mol. The third kappa shape index (κ3) is 5.89. The van der Waals surface area contributed by atoms with E-state index in [4.69, 9.17) is 0 Å². The maximum absolute atomic E-state index is 13.8. The van der Waals surface area contributed by atoms with Gasteiger partial charge in [0.15, 0.2) is 6.29 Å². The summed E-state index contributed by atoms with van der Waals surface area (Å²) in [6.07, 6.45) is 0.856. The van der Waals surface area contributed by atoms with Gasteiger partial charge in [-0.15, -0.1) is 0 Å². The van der Waals surface area contributed by atoms with Gasteiger partial charge in [-0.25, -0.2) is 9.80 Å². The molecular formula is C27H40N6O4. The normalized spacial score (nSPS) is 25.4. The minimum Gasteiger partial charge on any atom is -0.356 e. The fourth-order valence-electron chi connectivity index (χ4n) is 5.49. The van der Waals surface area contributed by atoms with Crippen LogP contribution in [-0.2, 0) is 20.9 Å². The summed E-state index contributed by atoms with van der Waals surface area (Å²) < 4.78 is 0. The Hall–Kier alpha value is -3.14. The van der Waals surface area contributed by atoms with E-state index in [0.29, 0.717) is 38.3 Å². The number of hydrogen-bond acceptors (Lipinski definition) is 5. The summed E-state index contributed by atoms with van der Waals surface area (Å²) in [4.78, 5) is 56.2. The van der Waals surface area contributed by atoms with Gasteiger partial charge in [0.25, 0.3) is 0 Å². The lowest BCUT2D eigenvalue weighted by Crippen LogP contribution is -2.66. The first kappa shape index (κ1) is 26.9. The van der Waals surface area contributed by atoms with Crippen LogP contribution in [-0.4, -0.2) is 70.0 Å². The molecule has 1 aromatic carbocycles. The van der Waals surface area contributed by atoms with Gasteiger partial charge in [-0.2, -0.15) is 5.43 Å². The Labute approximate surface area is 219 Å². The maximum atomic E-state index is 13.8. The largest absolute Gasteiger partial charge is 0.356 e. The SMILES string of the molecule is Cc1ccc(CN2C(=O)C3CCC(C(=O)NCC(C)C)CC3N3C(=O)N(CC(=O)NC(C)C)NC23)cc1. The molecule has 10 nitrogen and oxygen atoms in total. The van der Waals surface area contributed by atoms with Gasteiger partial charge in [0.05, 0.1) is 5.92 Å². The van der Waals surface area contributed by atoms with E-state index in [2.05, 4.69) is 16.1 Å². The monoisotopic (exact) mass is 512 g/mol. The van der Waals surface area contributed by atoms with Crippen molar-refractivity contribution in [1.29, 1.82) is 0 Å². The van der Waals surface area contributed by atoms with Gasteiger partial charge < -0.3 is 15.5 Å². The van der Waals surface area contributed by atoms with Crippen LogP contribution in [0.5, 0.6) is 0 Å². The smallest absolute Gasteiger partial charge is 0.337 e. The van der Waals surface area contributed by atoms with Gasteiger partial charge in [-0.05, 0) is 51.5 Å². The van der Waals surface area contributed by atoms with Crippen molar-refractivity contribution >= 4 is 23.8 Å². The molecule has 1 saturated carbocycles. The van der Waals surface area contributed by atoms with Crippen molar-refractivity contribution in [2.45, 2.75) is 78.8 Å². The van der Waals surface area contributed by atoms with Gasteiger partial charge in [-0.1, -0.05) is 43.7 Å².